The molecule has 0 bridgehead atoms. The highest BCUT2D eigenvalue weighted by Gasteiger charge is 2.25. The molecule has 2 unspecified atom stereocenters. The maximum Gasteiger partial charge on any atom is 0.255 e. The predicted octanol–water partition coefficient (Wildman–Crippen LogP) is 3.70. The topological polar surface area (TPSA) is 65.4 Å². The van der Waals surface area contributed by atoms with Gasteiger partial charge in [0.05, 0.1) is 23.7 Å². The van der Waals surface area contributed by atoms with Gasteiger partial charge >= 0.3 is 0 Å². The summed E-state index contributed by atoms with van der Waals surface area (Å²) in [5.41, 5.74) is 1.65. The zero-order valence-corrected chi connectivity index (χ0v) is 16.1. The number of carbonyl (C=O) groups excluding carboxylic acids is 1. The molecule has 3 rings (SSSR count). The summed E-state index contributed by atoms with van der Waals surface area (Å²) in [5.74, 6) is 0.356. The summed E-state index contributed by atoms with van der Waals surface area (Å²) in [4.78, 5) is 17.2. The minimum atomic E-state index is -0.561. The van der Waals surface area contributed by atoms with Crippen molar-refractivity contribution in [2.75, 3.05) is 18.5 Å². The van der Waals surface area contributed by atoms with Crippen LogP contribution in [0.25, 0.3) is 11.0 Å². The Labute approximate surface area is 154 Å². The molecule has 2 atom stereocenters. The normalized spacial score (nSPS) is 19.5. The van der Waals surface area contributed by atoms with Crippen LogP contribution in [0.15, 0.2) is 24.3 Å². The standard InChI is InChI=1S/C20H29N3O3/c1-14(26-13-15-9-7-8-12-25-15)18(24)22-19-21-16-10-5-6-11-17(16)23(19)20(2,3)4/h5-6,10-11,14-15H,7-9,12-13H2,1-4H3,(H,21,22,24). The first-order valence-corrected chi connectivity index (χ1v) is 9.38. The first kappa shape index (κ1) is 18.9. The van der Waals surface area contributed by atoms with Gasteiger partial charge in [-0.2, -0.15) is 0 Å². The van der Waals surface area contributed by atoms with E-state index in [1.807, 2.05) is 24.3 Å². The first-order valence-electron chi connectivity index (χ1n) is 9.38. The number of hydrogen-bond donors (Lipinski definition) is 1. The smallest absolute Gasteiger partial charge is 0.255 e. The van der Waals surface area contributed by atoms with Crippen molar-refractivity contribution in [1.82, 2.24) is 9.55 Å². The second-order valence-corrected chi connectivity index (χ2v) is 7.88. The largest absolute Gasteiger partial charge is 0.376 e. The second kappa shape index (κ2) is 7.76. The van der Waals surface area contributed by atoms with E-state index >= 15 is 0 Å². The lowest BCUT2D eigenvalue weighted by Gasteiger charge is -2.26. The van der Waals surface area contributed by atoms with E-state index < -0.39 is 6.10 Å². The summed E-state index contributed by atoms with van der Waals surface area (Å²) in [6, 6.07) is 7.90. The van der Waals surface area contributed by atoms with E-state index in [1.165, 1.54) is 0 Å². The Morgan fingerprint density at radius 1 is 1.38 bits per heavy atom. The summed E-state index contributed by atoms with van der Waals surface area (Å²) in [7, 11) is 0. The SMILES string of the molecule is CC(OCC1CCCCO1)C(=O)Nc1nc2ccccc2n1C(C)(C)C. The number of anilines is 1. The highest BCUT2D eigenvalue weighted by atomic mass is 16.5. The number of benzene rings is 1. The average molecular weight is 359 g/mol. The van der Waals surface area contributed by atoms with Gasteiger partial charge in [0.2, 0.25) is 5.95 Å². The van der Waals surface area contributed by atoms with E-state index in [-0.39, 0.29) is 17.6 Å². The maximum absolute atomic E-state index is 12.6. The molecular formula is C20H29N3O3. The van der Waals surface area contributed by atoms with Crippen LogP contribution in [0.4, 0.5) is 5.95 Å². The summed E-state index contributed by atoms with van der Waals surface area (Å²) in [6.07, 6.45) is 2.79. The van der Waals surface area contributed by atoms with Crippen molar-refractivity contribution in [3.8, 4) is 0 Å². The van der Waals surface area contributed by atoms with Crippen LogP contribution < -0.4 is 5.32 Å². The molecule has 1 aliphatic rings. The fraction of sp³-hybridized carbons (Fsp3) is 0.600. The number of ether oxygens (including phenoxy) is 2. The van der Waals surface area contributed by atoms with Crippen LogP contribution in [0.2, 0.25) is 0 Å². The monoisotopic (exact) mass is 359 g/mol. The van der Waals surface area contributed by atoms with E-state index in [2.05, 4.69) is 35.6 Å². The number of nitrogens with zero attached hydrogens (tertiary/aromatic N) is 2. The van der Waals surface area contributed by atoms with Crippen LogP contribution >= 0.6 is 0 Å². The molecule has 142 valence electrons. The third kappa shape index (κ3) is 4.24. The molecule has 0 saturated carbocycles. The van der Waals surface area contributed by atoms with Gasteiger partial charge in [0.1, 0.15) is 6.10 Å². The minimum Gasteiger partial charge on any atom is -0.376 e. The lowest BCUT2D eigenvalue weighted by Crippen LogP contribution is -2.34. The van der Waals surface area contributed by atoms with Crippen molar-refractivity contribution in [1.29, 1.82) is 0 Å². The second-order valence-electron chi connectivity index (χ2n) is 7.88. The molecule has 1 aliphatic heterocycles. The van der Waals surface area contributed by atoms with Crippen molar-refractivity contribution in [3.05, 3.63) is 24.3 Å². The van der Waals surface area contributed by atoms with Crippen LogP contribution in [0, 0.1) is 0 Å². The van der Waals surface area contributed by atoms with Crippen LogP contribution in [0.1, 0.15) is 47.0 Å². The summed E-state index contributed by atoms with van der Waals surface area (Å²) in [6.45, 7) is 9.28. The molecule has 1 aromatic heterocycles. The van der Waals surface area contributed by atoms with Gasteiger partial charge in [-0.25, -0.2) is 4.98 Å². The van der Waals surface area contributed by atoms with E-state index in [0.29, 0.717) is 12.6 Å². The third-order valence-electron chi connectivity index (χ3n) is 4.64. The number of hydrogen-bond acceptors (Lipinski definition) is 4. The molecule has 2 aromatic rings. The van der Waals surface area contributed by atoms with Crippen molar-refractivity contribution >= 4 is 22.9 Å². The first-order chi connectivity index (χ1) is 12.4. The highest BCUT2D eigenvalue weighted by Crippen LogP contribution is 2.28. The third-order valence-corrected chi connectivity index (χ3v) is 4.64. The van der Waals surface area contributed by atoms with Crippen LogP contribution in [-0.2, 0) is 19.8 Å². The molecule has 0 spiro atoms. The van der Waals surface area contributed by atoms with Crippen LogP contribution in [-0.4, -0.2) is 40.9 Å². The molecule has 2 heterocycles. The summed E-state index contributed by atoms with van der Waals surface area (Å²) < 4.78 is 13.5. The molecule has 1 aromatic carbocycles. The van der Waals surface area contributed by atoms with Gasteiger partial charge < -0.3 is 14.0 Å². The van der Waals surface area contributed by atoms with Gasteiger partial charge in [-0.15, -0.1) is 0 Å². The van der Waals surface area contributed by atoms with Gasteiger partial charge in [0, 0.05) is 12.1 Å². The molecule has 26 heavy (non-hydrogen) atoms. The van der Waals surface area contributed by atoms with E-state index in [9.17, 15) is 4.79 Å². The zero-order chi connectivity index (χ0) is 18.7. The van der Waals surface area contributed by atoms with Gasteiger partial charge in [-0.1, -0.05) is 12.1 Å². The number of carbonyl (C=O) groups is 1. The highest BCUT2D eigenvalue weighted by molar-refractivity contribution is 5.94. The number of nitrogens with one attached hydrogen (secondary N) is 1. The average Bonchev–Trinajstić information content (AvgIpc) is 2.98. The lowest BCUT2D eigenvalue weighted by atomic mass is 10.1. The zero-order valence-electron chi connectivity index (χ0n) is 16.1. The Hall–Kier alpha value is -1.92. The number of para-hydroxylation sites is 2. The van der Waals surface area contributed by atoms with Gasteiger partial charge in [0.25, 0.3) is 5.91 Å². The van der Waals surface area contributed by atoms with Crippen molar-refractivity contribution in [2.45, 2.75) is 64.7 Å². The number of rotatable bonds is 5. The lowest BCUT2D eigenvalue weighted by molar-refractivity contribution is -0.130. The molecule has 1 N–H and O–H groups in total. The fourth-order valence-electron chi connectivity index (χ4n) is 3.27. The van der Waals surface area contributed by atoms with Crippen molar-refractivity contribution in [3.63, 3.8) is 0 Å². The predicted molar refractivity (Wildman–Crippen MR) is 102 cm³/mol. The van der Waals surface area contributed by atoms with E-state index in [1.54, 1.807) is 6.92 Å². The Kier molecular flexibility index (Phi) is 5.63. The summed E-state index contributed by atoms with van der Waals surface area (Å²) in [5, 5.41) is 2.94. The van der Waals surface area contributed by atoms with Gasteiger partial charge in [0.15, 0.2) is 0 Å². The molecular weight excluding hydrogens is 330 g/mol. The molecule has 0 radical (unpaired) electrons. The Bertz CT molecular complexity index is 757. The van der Waals surface area contributed by atoms with Crippen molar-refractivity contribution in [2.24, 2.45) is 0 Å². The molecule has 1 amide bonds. The van der Waals surface area contributed by atoms with Gasteiger partial charge in [-0.05, 0) is 59.1 Å². The number of amides is 1. The molecule has 1 saturated heterocycles. The quantitative estimate of drug-likeness (QED) is 0.884. The Morgan fingerprint density at radius 2 is 2.15 bits per heavy atom. The van der Waals surface area contributed by atoms with E-state index in [0.717, 1.165) is 36.9 Å². The Morgan fingerprint density at radius 3 is 2.85 bits per heavy atom. The molecule has 6 nitrogen and oxygen atoms in total. The van der Waals surface area contributed by atoms with E-state index in [4.69, 9.17) is 9.47 Å². The van der Waals surface area contributed by atoms with Crippen molar-refractivity contribution < 1.29 is 14.3 Å². The number of aromatic nitrogens is 2. The minimum absolute atomic E-state index is 0.0955. The number of imidazole rings is 1. The molecule has 0 aliphatic carbocycles. The maximum atomic E-state index is 12.6. The van der Waals surface area contributed by atoms with Gasteiger partial charge in [-0.3, -0.25) is 10.1 Å². The molecule has 6 heteroatoms. The van der Waals surface area contributed by atoms with Crippen LogP contribution in [0.3, 0.4) is 0 Å². The Balaban J connectivity index is 1.70. The van der Waals surface area contributed by atoms with Crippen LogP contribution in [0.5, 0.6) is 0 Å². The summed E-state index contributed by atoms with van der Waals surface area (Å²) >= 11 is 0. The fourth-order valence-corrected chi connectivity index (χ4v) is 3.27. The number of fused-ring (bicyclic) bond motifs is 1. The molecule has 1 fully saturated rings.